The molecule has 5 rings (SSSR count). The molecule has 3 aliphatic rings. The number of Topliss-reactive ketones (excluding diaryl/α,β-unsaturated/α-hetero) is 1. The minimum absolute atomic E-state index is 0.00453. The van der Waals surface area contributed by atoms with E-state index < -0.39 is 5.82 Å². The molecule has 164 valence electrons. The van der Waals surface area contributed by atoms with E-state index in [-0.39, 0.29) is 46.6 Å². The third-order valence-corrected chi connectivity index (χ3v) is 6.56. The molecule has 0 aromatic heterocycles. The summed E-state index contributed by atoms with van der Waals surface area (Å²) in [4.78, 5) is 24.6. The zero-order valence-electron chi connectivity index (χ0n) is 17.6. The van der Waals surface area contributed by atoms with Crippen molar-refractivity contribution in [2.75, 3.05) is 13.2 Å². The molecule has 0 unspecified atom stereocenters. The molecule has 3 fully saturated rings. The SMILES string of the molecule is Cc1ccc(OCC(=O)CC23CC(NC(=O)COc4ccc(Cl)c(F)c4)(C2)C3)cc1C. The molecular weight excluding hydrogens is 421 g/mol. The molecular formula is C24H25ClFNO4. The highest BCUT2D eigenvalue weighted by Gasteiger charge is 2.68. The van der Waals surface area contributed by atoms with Crippen molar-refractivity contribution < 1.29 is 23.5 Å². The van der Waals surface area contributed by atoms with Gasteiger partial charge in [0.1, 0.15) is 23.9 Å². The second kappa shape index (κ2) is 8.15. The third-order valence-electron chi connectivity index (χ3n) is 6.26. The summed E-state index contributed by atoms with van der Waals surface area (Å²) in [7, 11) is 0. The van der Waals surface area contributed by atoms with E-state index in [4.69, 9.17) is 21.1 Å². The molecule has 0 radical (unpaired) electrons. The molecule has 5 nitrogen and oxygen atoms in total. The van der Waals surface area contributed by atoms with Crippen molar-refractivity contribution in [1.29, 1.82) is 0 Å². The number of ketones is 1. The van der Waals surface area contributed by atoms with Crippen molar-refractivity contribution in [3.8, 4) is 11.5 Å². The zero-order chi connectivity index (χ0) is 22.2. The van der Waals surface area contributed by atoms with Gasteiger partial charge >= 0.3 is 0 Å². The van der Waals surface area contributed by atoms with Crippen LogP contribution in [0.4, 0.5) is 4.39 Å². The van der Waals surface area contributed by atoms with Gasteiger partial charge in [0, 0.05) is 18.0 Å². The molecule has 0 heterocycles. The summed E-state index contributed by atoms with van der Waals surface area (Å²) in [6.45, 7) is 3.91. The molecule has 1 N–H and O–H groups in total. The number of rotatable bonds is 9. The van der Waals surface area contributed by atoms with Gasteiger partial charge < -0.3 is 14.8 Å². The summed E-state index contributed by atoms with van der Waals surface area (Å²) < 4.78 is 24.4. The zero-order valence-corrected chi connectivity index (χ0v) is 18.4. The summed E-state index contributed by atoms with van der Waals surface area (Å²) >= 11 is 5.63. The van der Waals surface area contributed by atoms with Gasteiger partial charge in [0.15, 0.2) is 12.4 Å². The van der Waals surface area contributed by atoms with Crippen molar-refractivity contribution in [3.05, 3.63) is 58.4 Å². The fraction of sp³-hybridized carbons (Fsp3) is 0.417. The van der Waals surface area contributed by atoms with Crippen LogP contribution in [-0.4, -0.2) is 30.4 Å². The van der Waals surface area contributed by atoms with Crippen LogP contribution in [0.2, 0.25) is 5.02 Å². The maximum absolute atomic E-state index is 13.4. The lowest BCUT2D eigenvalue weighted by Crippen LogP contribution is -2.75. The highest BCUT2D eigenvalue weighted by atomic mass is 35.5. The number of hydrogen-bond acceptors (Lipinski definition) is 4. The summed E-state index contributed by atoms with van der Waals surface area (Å²) in [6, 6.07) is 9.85. The van der Waals surface area contributed by atoms with E-state index in [1.54, 1.807) is 0 Å². The van der Waals surface area contributed by atoms with Crippen LogP contribution in [0.15, 0.2) is 36.4 Å². The summed E-state index contributed by atoms with van der Waals surface area (Å²) in [5.41, 5.74) is 2.07. The minimum Gasteiger partial charge on any atom is -0.486 e. The summed E-state index contributed by atoms with van der Waals surface area (Å²) in [6.07, 6.45) is 2.83. The molecule has 3 aliphatic carbocycles. The first-order valence-corrected chi connectivity index (χ1v) is 10.7. The van der Waals surface area contributed by atoms with E-state index >= 15 is 0 Å². The fourth-order valence-electron chi connectivity index (χ4n) is 4.80. The molecule has 3 saturated carbocycles. The number of amides is 1. The predicted octanol–water partition coefficient (Wildman–Crippen LogP) is 4.55. The first-order valence-electron chi connectivity index (χ1n) is 10.3. The highest BCUT2D eigenvalue weighted by molar-refractivity contribution is 6.30. The van der Waals surface area contributed by atoms with Crippen LogP contribution in [0.5, 0.6) is 11.5 Å². The van der Waals surface area contributed by atoms with Gasteiger partial charge in [0.05, 0.1) is 5.02 Å². The van der Waals surface area contributed by atoms with Gasteiger partial charge in [-0.3, -0.25) is 9.59 Å². The Morgan fingerprint density at radius 1 is 1.00 bits per heavy atom. The van der Waals surface area contributed by atoms with Crippen molar-refractivity contribution in [2.45, 2.75) is 45.1 Å². The Labute approximate surface area is 185 Å². The largest absolute Gasteiger partial charge is 0.486 e. The van der Waals surface area contributed by atoms with E-state index in [0.29, 0.717) is 12.2 Å². The topological polar surface area (TPSA) is 64.6 Å². The molecule has 0 aliphatic heterocycles. The molecule has 7 heteroatoms. The lowest BCUT2D eigenvalue weighted by atomic mass is 9.38. The Balaban J connectivity index is 1.17. The number of aryl methyl sites for hydroxylation is 2. The predicted molar refractivity (Wildman–Crippen MR) is 115 cm³/mol. The molecule has 0 saturated heterocycles. The number of ether oxygens (including phenoxy) is 2. The molecule has 1 amide bonds. The smallest absolute Gasteiger partial charge is 0.258 e. The molecule has 2 aromatic rings. The van der Waals surface area contributed by atoms with Gasteiger partial charge in [0.25, 0.3) is 5.91 Å². The standard InChI is InChI=1S/C24H25ClFNO4/c1-15-3-4-18(7-16(15)2)30-10-17(28)9-23-12-24(13-23,14-23)27-22(29)11-31-19-5-6-20(25)21(26)8-19/h3-8H,9-14H2,1-2H3,(H,27,29). The van der Waals surface area contributed by atoms with Crippen molar-refractivity contribution >= 4 is 23.3 Å². The Bertz CT molecular complexity index is 939. The summed E-state index contributed by atoms with van der Waals surface area (Å²) in [5.74, 6) is 0.185. The van der Waals surface area contributed by atoms with Gasteiger partial charge in [0.2, 0.25) is 0 Å². The highest BCUT2D eigenvalue weighted by Crippen LogP contribution is 2.68. The second-order valence-electron chi connectivity index (χ2n) is 8.97. The molecule has 0 atom stereocenters. The van der Waals surface area contributed by atoms with Crippen LogP contribution >= 0.6 is 11.6 Å². The Morgan fingerprint density at radius 2 is 1.65 bits per heavy atom. The molecule has 31 heavy (non-hydrogen) atoms. The third kappa shape index (κ3) is 4.69. The van der Waals surface area contributed by atoms with Gasteiger partial charge in [-0.2, -0.15) is 0 Å². The van der Waals surface area contributed by atoms with Crippen LogP contribution in [0.25, 0.3) is 0 Å². The van der Waals surface area contributed by atoms with E-state index in [1.807, 2.05) is 32.0 Å². The van der Waals surface area contributed by atoms with Crippen molar-refractivity contribution in [1.82, 2.24) is 5.32 Å². The Morgan fingerprint density at radius 3 is 2.32 bits per heavy atom. The monoisotopic (exact) mass is 445 g/mol. The van der Waals surface area contributed by atoms with Crippen LogP contribution in [0.3, 0.4) is 0 Å². The molecule has 0 spiro atoms. The van der Waals surface area contributed by atoms with E-state index in [0.717, 1.165) is 30.9 Å². The van der Waals surface area contributed by atoms with E-state index in [9.17, 15) is 14.0 Å². The van der Waals surface area contributed by atoms with Crippen LogP contribution in [0, 0.1) is 25.1 Å². The van der Waals surface area contributed by atoms with Crippen LogP contribution in [0.1, 0.15) is 36.8 Å². The number of carbonyl (C=O) groups excluding carboxylic acids is 2. The lowest BCUT2D eigenvalue weighted by Gasteiger charge is -2.70. The fourth-order valence-corrected chi connectivity index (χ4v) is 4.92. The van der Waals surface area contributed by atoms with Crippen molar-refractivity contribution in [2.24, 2.45) is 5.41 Å². The average Bonchev–Trinajstić information content (AvgIpc) is 2.67. The van der Waals surface area contributed by atoms with Gasteiger partial charge in [-0.25, -0.2) is 4.39 Å². The maximum Gasteiger partial charge on any atom is 0.258 e. The number of carbonyl (C=O) groups is 2. The lowest BCUT2D eigenvalue weighted by molar-refractivity contribution is -0.173. The van der Waals surface area contributed by atoms with Gasteiger partial charge in [-0.15, -0.1) is 0 Å². The van der Waals surface area contributed by atoms with Gasteiger partial charge in [-0.1, -0.05) is 17.7 Å². The number of hydrogen-bond donors (Lipinski definition) is 1. The number of nitrogens with one attached hydrogen (secondary N) is 1. The van der Waals surface area contributed by atoms with Crippen LogP contribution < -0.4 is 14.8 Å². The molecule has 2 aromatic carbocycles. The van der Waals surface area contributed by atoms with Crippen LogP contribution in [-0.2, 0) is 9.59 Å². The normalized spacial score (nSPS) is 23.4. The Hall–Kier alpha value is -2.60. The quantitative estimate of drug-likeness (QED) is 0.615. The summed E-state index contributed by atoms with van der Waals surface area (Å²) in [5, 5.41) is 3.00. The first-order chi connectivity index (χ1) is 14.7. The van der Waals surface area contributed by atoms with Crippen molar-refractivity contribution in [3.63, 3.8) is 0 Å². The van der Waals surface area contributed by atoms with Gasteiger partial charge in [-0.05, 0) is 73.9 Å². The molecule has 2 bridgehead atoms. The van der Waals surface area contributed by atoms with E-state index in [2.05, 4.69) is 5.32 Å². The number of halogens is 2. The number of benzene rings is 2. The second-order valence-corrected chi connectivity index (χ2v) is 9.38. The van der Waals surface area contributed by atoms with E-state index in [1.165, 1.54) is 17.7 Å². The first kappa shape index (κ1) is 21.6. The minimum atomic E-state index is -0.591. The maximum atomic E-state index is 13.4. The Kier molecular flexibility index (Phi) is 5.69. The average molecular weight is 446 g/mol.